The SMILES string of the molecule is NNC(=O)C1CC(=O)N(c2ccc(S(=O)(=O)N3CCCCCC3)cc2)C1. The van der Waals surface area contributed by atoms with Gasteiger partial charge in [-0.25, -0.2) is 14.3 Å². The molecule has 3 N–H and O–H groups in total. The second-order valence-corrected chi connectivity index (χ2v) is 8.66. The van der Waals surface area contributed by atoms with Gasteiger partial charge in [0.1, 0.15) is 0 Å². The molecule has 0 aromatic heterocycles. The Morgan fingerprint density at radius 3 is 2.27 bits per heavy atom. The van der Waals surface area contributed by atoms with Gasteiger partial charge in [0.25, 0.3) is 0 Å². The van der Waals surface area contributed by atoms with Crippen molar-refractivity contribution in [3.05, 3.63) is 24.3 Å². The topological polar surface area (TPSA) is 113 Å². The van der Waals surface area contributed by atoms with Gasteiger partial charge in [-0.15, -0.1) is 0 Å². The molecule has 3 rings (SSSR count). The normalized spacial score (nSPS) is 22.3. The molecule has 0 bridgehead atoms. The zero-order valence-corrected chi connectivity index (χ0v) is 15.4. The third kappa shape index (κ3) is 3.74. The fourth-order valence-electron chi connectivity index (χ4n) is 3.48. The summed E-state index contributed by atoms with van der Waals surface area (Å²) in [5.74, 6) is 4.09. The second-order valence-electron chi connectivity index (χ2n) is 6.73. The van der Waals surface area contributed by atoms with E-state index in [0.717, 1.165) is 25.7 Å². The Kier molecular flexibility index (Phi) is 5.59. The predicted octanol–water partition coefficient (Wildman–Crippen LogP) is 0.594. The van der Waals surface area contributed by atoms with Gasteiger partial charge in [0.2, 0.25) is 21.8 Å². The first-order valence-corrected chi connectivity index (χ1v) is 10.3. The molecule has 2 aliphatic heterocycles. The number of benzene rings is 1. The fourth-order valence-corrected chi connectivity index (χ4v) is 5.00. The van der Waals surface area contributed by atoms with Crippen LogP contribution in [0.25, 0.3) is 0 Å². The Balaban J connectivity index is 1.76. The van der Waals surface area contributed by atoms with Crippen molar-refractivity contribution in [2.24, 2.45) is 11.8 Å². The lowest BCUT2D eigenvalue weighted by Gasteiger charge is -2.21. The van der Waals surface area contributed by atoms with Gasteiger partial charge in [0.05, 0.1) is 10.8 Å². The van der Waals surface area contributed by atoms with Crippen LogP contribution in [0.15, 0.2) is 29.2 Å². The van der Waals surface area contributed by atoms with Crippen LogP contribution in [0.2, 0.25) is 0 Å². The van der Waals surface area contributed by atoms with Crippen LogP contribution < -0.4 is 16.2 Å². The maximum atomic E-state index is 12.8. The van der Waals surface area contributed by atoms with E-state index in [2.05, 4.69) is 5.43 Å². The molecule has 1 aromatic rings. The maximum absolute atomic E-state index is 12.8. The molecule has 2 heterocycles. The van der Waals surface area contributed by atoms with Gasteiger partial charge in [0, 0.05) is 31.7 Å². The van der Waals surface area contributed by atoms with E-state index in [1.165, 1.54) is 21.3 Å². The molecule has 2 amide bonds. The lowest BCUT2D eigenvalue weighted by atomic mass is 10.1. The van der Waals surface area contributed by atoms with E-state index >= 15 is 0 Å². The van der Waals surface area contributed by atoms with Crippen molar-refractivity contribution in [1.29, 1.82) is 0 Å². The van der Waals surface area contributed by atoms with Gasteiger partial charge >= 0.3 is 0 Å². The van der Waals surface area contributed by atoms with Crippen LogP contribution in [0.5, 0.6) is 0 Å². The molecule has 2 saturated heterocycles. The molecule has 9 heteroatoms. The smallest absolute Gasteiger partial charge is 0.243 e. The van der Waals surface area contributed by atoms with Crippen molar-refractivity contribution >= 4 is 27.5 Å². The van der Waals surface area contributed by atoms with Crippen LogP contribution in [-0.4, -0.2) is 44.2 Å². The number of anilines is 1. The number of carbonyl (C=O) groups excluding carboxylic acids is 2. The summed E-state index contributed by atoms with van der Waals surface area (Å²) in [6.07, 6.45) is 3.96. The number of nitrogens with one attached hydrogen (secondary N) is 1. The molecule has 0 aliphatic carbocycles. The summed E-state index contributed by atoms with van der Waals surface area (Å²) in [6, 6.07) is 6.29. The number of sulfonamides is 1. The minimum absolute atomic E-state index is 0.0941. The largest absolute Gasteiger partial charge is 0.312 e. The highest BCUT2D eigenvalue weighted by Gasteiger charge is 2.35. The predicted molar refractivity (Wildman–Crippen MR) is 96.5 cm³/mol. The molecule has 0 radical (unpaired) electrons. The first-order chi connectivity index (χ1) is 12.4. The van der Waals surface area contributed by atoms with E-state index in [0.29, 0.717) is 18.8 Å². The average molecular weight is 380 g/mol. The monoisotopic (exact) mass is 380 g/mol. The molecule has 26 heavy (non-hydrogen) atoms. The molecule has 1 unspecified atom stereocenters. The average Bonchev–Trinajstić information content (AvgIpc) is 2.85. The van der Waals surface area contributed by atoms with E-state index in [-0.39, 0.29) is 29.7 Å². The van der Waals surface area contributed by atoms with Gasteiger partial charge in [-0.1, -0.05) is 12.8 Å². The van der Waals surface area contributed by atoms with Gasteiger partial charge in [-0.2, -0.15) is 4.31 Å². The Morgan fingerprint density at radius 2 is 1.69 bits per heavy atom. The van der Waals surface area contributed by atoms with Crippen molar-refractivity contribution in [3.63, 3.8) is 0 Å². The highest BCUT2D eigenvalue weighted by Crippen LogP contribution is 2.27. The second kappa shape index (κ2) is 7.73. The van der Waals surface area contributed by atoms with Gasteiger partial charge in [-0.05, 0) is 37.1 Å². The number of carbonyl (C=O) groups is 2. The van der Waals surface area contributed by atoms with E-state index < -0.39 is 15.9 Å². The first-order valence-electron chi connectivity index (χ1n) is 8.84. The van der Waals surface area contributed by atoms with Crippen LogP contribution in [0.1, 0.15) is 32.1 Å². The standard InChI is InChI=1S/C17H24N4O4S/c18-19-17(23)13-11-16(22)21(12-13)14-5-7-15(8-6-14)26(24,25)20-9-3-1-2-4-10-20/h5-8,13H,1-4,9-12,18H2,(H,19,23). The van der Waals surface area contributed by atoms with Crippen LogP contribution in [0.3, 0.4) is 0 Å². The van der Waals surface area contributed by atoms with Crippen molar-refractivity contribution < 1.29 is 18.0 Å². The number of hydrogen-bond acceptors (Lipinski definition) is 5. The van der Waals surface area contributed by atoms with Crippen LogP contribution >= 0.6 is 0 Å². The summed E-state index contributed by atoms with van der Waals surface area (Å²) in [5, 5.41) is 0. The highest BCUT2D eigenvalue weighted by atomic mass is 32.2. The highest BCUT2D eigenvalue weighted by molar-refractivity contribution is 7.89. The summed E-state index contributed by atoms with van der Waals surface area (Å²) in [7, 11) is -3.52. The summed E-state index contributed by atoms with van der Waals surface area (Å²) in [5.41, 5.74) is 2.65. The number of rotatable bonds is 4. The van der Waals surface area contributed by atoms with E-state index in [1.54, 1.807) is 12.1 Å². The first kappa shape index (κ1) is 18.8. The molecular formula is C17H24N4O4S. The van der Waals surface area contributed by atoms with Crippen LogP contribution in [0.4, 0.5) is 5.69 Å². The maximum Gasteiger partial charge on any atom is 0.243 e. The minimum atomic E-state index is -3.52. The molecule has 142 valence electrons. The van der Waals surface area contributed by atoms with Gasteiger partial charge in [-0.3, -0.25) is 15.0 Å². The lowest BCUT2D eigenvalue weighted by molar-refractivity contribution is -0.126. The number of hydrogen-bond donors (Lipinski definition) is 2. The summed E-state index contributed by atoms with van der Waals surface area (Å²) < 4.78 is 27.1. The minimum Gasteiger partial charge on any atom is -0.312 e. The van der Waals surface area contributed by atoms with E-state index in [1.807, 2.05) is 0 Å². The Hall–Kier alpha value is -1.97. The van der Waals surface area contributed by atoms with Gasteiger partial charge < -0.3 is 4.90 Å². The lowest BCUT2D eigenvalue weighted by Crippen LogP contribution is -2.37. The van der Waals surface area contributed by atoms with Crippen molar-refractivity contribution in [3.8, 4) is 0 Å². The third-order valence-corrected chi connectivity index (χ3v) is 6.90. The number of nitrogens with two attached hydrogens (primary N) is 1. The van der Waals surface area contributed by atoms with Crippen molar-refractivity contribution in [2.45, 2.75) is 37.0 Å². The zero-order valence-electron chi connectivity index (χ0n) is 14.6. The Morgan fingerprint density at radius 1 is 1.08 bits per heavy atom. The molecule has 1 atom stereocenters. The van der Waals surface area contributed by atoms with Crippen molar-refractivity contribution in [1.82, 2.24) is 9.73 Å². The molecule has 0 saturated carbocycles. The molecule has 2 aliphatic rings. The van der Waals surface area contributed by atoms with E-state index in [4.69, 9.17) is 5.84 Å². The Bertz CT molecular complexity index is 770. The molecule has 2 fully saturated rings. The molecular weight excluding hydrogens is 356 g/mol. The number of hydrazine groups is 1. The van der Waals surface area contributed by atoms with E-state index in [9.17, 15) is 18.0 Å². The zero-order chi connectivity index (χ0) is 18.7. The quantitative estimate of drug-likeness (QED) is 0.451. The molecule has 8 nitrogen and oxygen atoms in total. The summed E-state index contributed by atoms with van der Waals surface area (Å²) >= 11 is 0. The number of nitrogens with zero attached hydrogens (tertiary/aromatic N) is 2. The summed E-state index contributed by atoms with van der Waals surface area (Å²) in [4.78, 5) is 25.5. The molecule has 0 spiro atoms. The Labute approximate surface area is 153 Å². The molecule has 1 aromatic carbocycles. The van der Waals surface area contributed by atoms with Crippen LogP contribution in [-0.2, 0) is 19.6 Å². The van der Waals surface area contributed by atoms with Crippen LogP contribution in [0, 0.1) is 5.92 Å². The number of amides is 2. The van der Waals surface area contributed by atoms with Gasteiger partial charge in [0.15, 0.2) is 0 Å². The fraction of sp³-hybridized carbons (Fsp3) is 0.529. The summed E-state index contributed by atoms with van der Waals surface area (Å²) in [6.45, 7) is 1.33. The van der Waals surface area contributed by atoms with Crippen molar-refractivity contribution in [2.75, 3.05) is 24.5 Å². The third-order valence-electron chi connectivity index (χ3n) is 4.99.